The van der Waals surface area contributed by atoms with Gasteiger partial charge in [0, 0.05) is 10.9 Å². The number of thiophene rings is 1. The van der Waals surface area contributed by atoms with Crippen molar-refractivity contribution in [2.75, 3.05) is 7.11 Å². The van der Waals surface area contributed by atoms with Gasteiger partial charge in [-0.2, -0.15) is 0 Å². The number of benzene rings is 1. The summed E-state index contributed by atoms with van der Waals surface area (Å²) < 4.78 is 5.23. The molecule has 0 radical (unpaired) electrons. The fourth-order valence-electron chi connectivity index (χ4n) is 3.63. The molecule has 0 saturated heterocycles. The number of rotatable bonds is 5. The van der Waals surface area contributed by atoms with Crippen LogP contribution in [0, 0.1) is 5.41 Å². The van der Waals surface area contributed by atoms with Crippen LogP contribution in [0.15, 0.2) is 35.7 Å². The predicted octanol–water partition coefficient (Wildman–Crippen LogP) is 3.62. The molecule has 1 atom stereocenters. The Hall–Kier alpha value is -2.34. The number of ether oxygens (including phenoxy) is 1. The van der Waals surface area contributed by atoms with Gasteiger partial charge in [-0.05, 0) is 35.4 Å². The zero-order chi connectivity index (χ0) is 17.7. The average molecular weight is 355 g/mol. The van der Waals surface area contributed by atoms with Crippen molar-refractivity contribution in [1.82, 2.24) is 15.3 Å². The van der Waals surface area contributed by atoms with Gasteiger partial charge in [-0.25, -0.2) is 4.98 Å². The minimum Gasteiger partial charge on any atom is -0.497 e. The Morgan fingerprint density at radius 2 is 2.20 bits per heavy atom. The third-order valence-corrected chi connectivity index (χ3v) is 6.25. The number of nitrogens with one attached hydrogen (secondary N) is 2. The summed E-state index contributed by atoms with van der Waals surface area (Å²) in [6, 6.07) is 9.77. The van der Waals surface area contributed by atoms with Crippen molar-refractivity contribution in [3.05, 3.63) is 46.4 Å². The van der Waals surface area contributed by atoms with E-state index in [1.165, 1.54) is 0 Å². The second-order valence-corrected chi connectivity index (χ2v) is 8.14. The van der Waals surface area contributed by atoms with Crippen LogP contribution in [-0.2, 0) is 16.8 Å². The number of imidazole rings is 1. The minimum absolute atomic E-state index is 0.0107. The molecule has 0 bridgehead atoms. The summed E-state index contributed by atoms with van der Waals surface area (Å²) in [6.45, 7) is 4.69. The van der Waals surface area contributed by atoms with E-state index in [9.17, 15) is 4.79 Å². The Labute approximate surface area is 150 Å². The van der Waals surface area contributed by atoms with Crippen molar-refractivity contribution >= 4 is 28.3 Å². The van der Waals surface area contributed by atoms with Crippen LogP contribution in [0.3, 0.4) is 0 Å². The number of aromatic amines is 1. The van der Waals surface area contributed by atoms with E-state index in [1.807, 2.05) is 29.6 Å². The standard InChI is InChI=1S/C19H21N3O2S/c1-18(2)11-19(18,15-5-4-8-25-15)17(23)20-10-16-21-13-7-6-12(24-3)9-14(13)22-16/h4-9H,10-11H2,1-3H3,(H,20,23)(H,21,22)/t19-/m1/s1. The number of hydrogen-bond donors (Lipinski definition) is 2. The highest BCUT2D eigenvalue weighted by atomic mass is 32.1. The summed E-state index contributed by atoms with van der Waals surface area (Å²) >= 11 is 1.65. The first kappa shape index (κ1) is 16.1. The number of H-pyrrole nitrogens is 1. The predicted molar refractivity (Wildman–Crippen MR) is 98.9 cm³/mol. The first-order chi connectivity index (χ1) is 12.0. The molecular formula is C19H21N3O2S. The van der Waals surface area contributed by atoms with E-state index in [2.05, 4.69) is 35.2 Å². The molecule has 130 valence electrons. The SMILES string of the molecule is COc1ccc2nc(CNC(=O)[C@]3(c4cccs4)CC3(C)C)[nH]c2c1. The Kier molecular flexibility index (Phi) is 3.61. The van der Waals surface area contributed by atoms with Gasteiger partial charge in [0.05, 0.1) is 30.1 Å². The van der Waals surface area contributed by atoms with Gasteiger partial charge < -0.3 is 15.0 Å². The lowest BCUT2D eigenvalue weighted by Gasteiger charge is -2.18. The van der Waals surface area contributed by atoms with Gasteiger partial charge in [0.15, 0.2) is 0 Å². The summed E-state index contributed by atoms with van der Waals surface area (Å²) in [5.41, 5.74) is 1.35. The van der Waals surface area contributed by atoms with E-state index in [1.54, 1.807) is 18.4 Å². The molecule has 2 N–H and O–H groups in total. The van der Waals surface area contributed by atoms with Crippen LogP contribution in [0.4, 0.5) is 0 Å². The molecule has 3 aromatic rings. The topological polar surface area (TPSA) is 67.0 Å². The zero-order valence-corrected chi connectivity index (χ0v) is 15.4. The van der Waals surface area contributed by atoms with Crippen LogP contribution < -0.4 is 10.1 Å². The molecule has 1 aliphatic carbocycles. The van der Waals surface area contributed by atoms with Crippen molar-refractivity contribution in [3.63, 3.8) is 0 Å². The lowest BCUT2D eigenvalue weighted by atomic mass is 9.93. The number of amides is 1. The highest BCUT2D eigenvalue weighted by Crippen LogP contribution is 2.65. The molecule has 1 aliphatic rings. The maximum absolute atomic E-state index is 13.0. The molecule has 1 aromatic carbocycles. The average Bonchev–Trinajstić information content (AvgIpc) is 3.01. The fourth-order valence-corrected chi connectivity index (χ4v) is 4.73. The van der Waals surface area contributed by atoms with Crippen LogP contribution >= 0.6 is 11.3 Å². The summed E-state index contributed by atoms with van der Waals surface area (Å²) in [5.74, 6) is 1.61. The number of fused-ring (bicyclic) bond motifs is 1. The lowest BCUT2D eigenvalue weighted by Crippen LogP contribution is -2.37. The van der Waals surface area contributed by atoms with Gasteiger partial charge in [-0.1, -0.05) is 19.9 Å². The molecular weight excluding hydrogens is 334 g/mol. The van der Waals surface area contributed by atoms with Gasteiger partial charge in [0.2, 0.25) is 5.91 Å². The Bertz CT molecular complexity index is 929. The van der Waals surface area contributed by atoms with E-state index in [4.69, 9.17) is 4.74 Å². The van der Waals surface area contributed by atoms with Gasteiger partial charge in [-0.15, -0.1) is 11.3 Å². The van der Waals surface area contributed by atoms with Crippen LogP contribution in [0.2, 0.25) is 0 Å². The third kappa shape index (κ3) is 2.52. The van der Waals surface area contributed by atoms with Gasteiger partial charge in [-0.3, -0.25) is 4.79 Å². The van der Waals surface area contributed by atoms with Gasteiger partial charge in [0.25, 0.3) is 0 Å². The third-order valence-electron chi connectivity index (χ3n) is 5.22. The number of carbonyl (C=O) groups excluding carboxylic acids is 1. The number of methoxy groups -OCH3 is 1. The molecule has 6 heteroatoms. The van der Waals surface area contributed by atoms with Crippen LogP contribution in [0.1, 0.15) is 31.0 Å². The molecule has 0 unspecified atom stereocenters. The van der Waals surface area contributed by atoms with E-state index in [-0.39, 0.29) is 11.3 Å². The fraction of sp³-hybridized carbons (Fsp3) is 0.368. The quantitative estimate of drug-likeness (QED) is 0.735. The molecule has 1 amide bonds. The molecule has 4 rings (SSSR count). The van der Waals surface area contributed by atoms with Crippen molar-refractivity contribution in [1.29, 1.82) is 0 Å². The molecule has 25 heavy (non-hydrogen) atoms. The second-order valence-electron chi connectivity index (χ2n) is 7.19. The molecule has 2 heterocycles. The Morgan fingerprint density at radius 3 is 2.84 bits per heavy atom. The Balaban J connectivity index is 1.52. The van der Waals surface area contributed by atoms with Crippen LogP contribution in [0.25, 0.3) is 11.0 Å². The highest BCUT2D eigenvalue weighted by Gasteiger charge is 2.67. The summed E-state index contributed by atoms with van der Waals surface area (Å²) in [7, 11) is 1.64. The van der Waals surface area contributed by atoms with E-state index >= 15 is 0 Å². The molecule has 1 saturated carbocycles. The van der Waals surface area contributed by atoms with Gasteiger partial charge in [0.1, 0.15) is 11.6 Å². The molecule has 2 aromatic heterocycles. The largest absolute Gasteiger partial charge is 0.497 e. The normalized spacial score (nSPS) is 21.2. The number of aromatic nitrogens is 2. The summed E-state index contributed by atoms with van der Waals surface area (Å²) in [4.78, 5) is 21.9. The Morgan fingerprint density at radius 1 is 1.40 bits per heavy atom. The van der Waals surface area contributed by atoms with Crippen molar-refractivity contribution in [2.45, 2.75) is 32.2 Å². The smallest absolute Gasteiger partial charge is 0.232 e. The molecule has 0 aliphatic heterocycles. The maximum atomic E-state index is 13.0. The first-order valence-electron chi connectivity index (χ1n) is 8.31. The number of nitrogens with zero attached hydrogens (tertiary/aromatic N) is 1. The van der Waals surface area contributed by atoms with E-state index < -0.39 is 5.41 Å². The number of hydrogen-bond acceptors (Lipinski definition) is 4. The number of carbonyl (C=O) groups is 1. The maximum Gasteiger partial charge on any atom is 0.232 e. The lowest BCUT2D eigenvalue weighted by molar-refractivity contribution is -0.124. The van der Waals surface area contributed by atoms with Gasteiger partial charge >= 0.3 is 0 Å². The molecule has 0 spiro atoms. The van der Waals surface area contributed by atoms with E-state index in [0.717, 1.165) is 33.9 Å². The summed E-state index contributed by atoms with van der Waals surface area (Å²) in [6.07, 6.45) is 0.879. The van der Waals surface area contributed by atoms with Crippen LogP contribution in [0.5, 0.6) is 5.75 Å². The van der Waals surface area contributed by atoms with Crippen molar-refractivity contribution in [3.8, 4) is 5.75 Å². The van der Waals surface area contributed by atoms with Crippen molar-refractivity contribution in [2.24, 2.45) is 5.41 Å². The van der Waals surface area contributed by atoms with Crippen molar-refractivity contribution < 1.29 is 9.53 Å². The molecule has 1 fully saturated rings. The first-order valence-corrected chi connectivity index (χ1v) is 9.19. The highest BCUT2D eigenvalue weighted by molar-refractivity contribution is 7.10. The second kappa shape index (κ2) is 5.59. The minimum atomic E-state index is -0.406. The van der Waals surface area contributed by atoms with E-state index in [0.29, 0.717) is 6.54 Å². The molecule has 5 nitrogen and oxygen atoms in total. The summed E-state index contributed by atoms with van der Waals surface area (Å²) in [5, 5.41) is 5.11. The monoisotopic (exact) mass is 355 g/mol. The van der Waals surface area contributed by atoms with Crippen LogP contribution in [-0.4, -0.2) is 23.0 Å². The zero-order valence-electron chi connectivity index (χ0n) is 14.6.